The minimum absolute atomic E-state index is 0.445. The van der Waals surface area contributed by atoms with Crippen molar-refractivity contribution < 1.29 is 0 Å². The summed E-state index contributed by atoms with van der Waals surface area (Å²) >= 11 is 0. The SMILES string of the molecule is CC(C)c1ccccc1N=C(c1ccccc1)c1ccc[nH]1. The lowest BCUT2D eigenvalue weighted by atomic mass is 10.0. The Morgan fingerprint density at radius 1 is 0.864 bits per heavy atom. The first-order chi connectivity index (χ1) is 10.8. The fraction of sp³-hybridized carbons (Fsp3) is 0.150. The van der Waals surface area contributed by atoms with Gasteiger partial charge in [0.2, 0.25) is 0 Å². The number of aromatic nitrogens is 1. The molecule has 0 fully saturated rings. The second kappa shape index (κ2) is 6.44. The smallest absolute Gasteiger partial charge is 0.0943 e. The lowest BCUT2D eigenvalue weighted by Gasteiger charge is -2.11. The van der Waals surface area contributed by atoms with Gasteiger partial charge >= 0.3 is 0 Å². The maximum absolute atomic E-state index is 4.98. The molecule has 110 valence electrons. The minimum Gasteiger partial charge on any atom is -0.360 e. The van der Waals surface area contributed by atoms with Gasteiger partial charge in [-0.3, -0.25) is 0 Å². The van der Waals surface area contributed by atoms with Crippen LogP contribution in [0.2, 0.25) is 0 Å². The number of H-pyrrole nitrogens is 1. The van der Waals surface area contributed by atoms with Crippen molar-refractivity contribution in [3.8, 4) is 0 Å². The van der Waals surface area contributed by atoms with E-state index in [4.69, 9.17) is 4.99 Å². The fourth-order valence-electron chi connectivity index (χ4n) is 2.55. The van der Waals surface area contributed by atoms with Crippen LogP contribution in [0.1, 0.15) is 36.6 Å². The van der Waals surface area contributed by atoms with E-state index < -0.39 is 0 Å². The van der Waals surface area contributed by atoms with Gasteiger partial charge in [-0.15, -0.1) is 0 Å². The second-order valence-corrected chi connectivity index (χ2v) is 5.62. The number of hydrogen-bond acceptors (Lipinski definition) is 1. The van der Waals surface area contributed by atoms with E-state index in [1.165, 1.54) is 5.56 Å². The topological polar surface area (TPSA) is 28.1 Å². The standard InChI is InChI=1S/C20H20N2/c1-15(2)17-11-6-7-12-18(17)22-20(19-13-8-14-21-19)16-9-4-3-5-10-16/h3-15,21H,1-2H3. The Labute approximate surface area is 131 Å². The van der Waals surface area contributed by atoms with Gasteiger partial charge in [-0.25, -0.2) is 4.99 Å². The molecule has 0 aliphatic heterocycles. The molecule has 0 bridgehead atoms. The van der Waals surface area contributed by atoms with Crippen LogP contribution in [-0.4, -0.2) is 10.7 Å². The molecule has 0 unspecified atom stereocenters. The van der Waals surface area contributed by atoms with Crippen LogP contribution < -0.4 is 0 Å². The zero-order chi connectivity index (χ0) is 15.4. The molecule has 2 heteroatoms. The highest BCUT2D eigenvalue weighted by Gasteiger charge is 2.10. The van der Waals surface area contributed by atoms with E-state index >= 15 is 0 Å². The third-order valence-corrected chi connectivity index (χ3v) is 3.69. The fourth-order valence-corrected chi connectivity index (χ4v) is 2.55. The largest absolute Gasteiger partial charge is 0.360 e. The maximum Gasteiger partial charge on any atom is 0.0943 e. The molecular formula is C20H20N2. The third kappa shape index (κ3) is 3.01. The van der Waals surface area contributed by atoms with Crippen molar-refractivity contribution in [3.05, 3.63) is 89.7 Å². The highest BCUT2D eigenvalue weighted by molar-refractivity contribution is 6.12. The van der Waals surface area contributed by atoms with E-state index in [1.54, 1.807) is 0 Å². The average molecular weight is 288 g/mol. The van der Waals surface area contributed by atoms with Gasteiger partial charge in [-0.05, 0) is 29.7 Å². The molecule has 0 radical (unpaired) electrons. The molecule has 0 atom stereocenters. The van der Waals surface area contributed by atoms with Crippen LogP contribution in [0.3, 0.4) is 0 Å². The predicted molar refractivity (Wildman–Crippen MR) is 93.1 cm³/mol. The van der Waals surface area contributed by atoms with Gasteiger partial charge in [0.15, 0.2) is 0 Å². The maximum atomic E-state index is 4.98. The second-order valence-electron chi connectivity index (χ2n) is 5.62. The number of nitrogens with one attached hydrogen (secondary N) is 1. The lowest BCUT2D eigenvalue weighted by Crippen LogP contribution is -2.03. The molecule has 22 heavy (non-hydrogen) atoms. The van der Waals surface area contributed by atoms with Gasteiger partial charge in [0.1, 0.15) is 0 Å². The molecule has 0 saturated carbocycles. The van der Waals surface area contributed by atoms with E-state index in [0.29, 0.717) is 5.92 Å². The van der Waals surface area contributed by atoms with Crippen molar-refractivity contribution in [2.75, 3.05) is 0 Å². The van der Waals surface area contributed by atoms with Gasteiger partial charge in [-0.2, -0.15) is 0 Å². The first kappa shape index (κ1) is 14.3. The van der Waals surface area contributed by atoms with Crippen molar-refractivity contribution in [1.82, 2.24) is 4.98 Å². The van der Waals surface area contributed by atoms with Crippen LogP contribution in [0.25, 0.3) is 0 Å². The molecule has 1 aromatic heterocycles. The Bertz CT molecular complexity index is 753. The summed E-state index contributed by atoms with van der Waals surface area (Å²) in [4.78, 5) is 8.25. The molecule has 1 N–H and O–H groups in total. The van der Waals surface area contributed by atoms with Gasteiger partial charge < -0.3 is 4.98 Å². The molecule has 1 heterocycles. The molecular weight excluding hydrogens is 268 g/mol. The van der Waals surface area contributed by atoms with Crippen LogP contribution in [0.5, 0.6) is 0 Å². The van der Waals surface area contributed by atoms with Crippen LogP contribution in [0, 0.1) is 0 Å². The minimum atomic E-state index is 0.445. The lowest BCUT2D eigenvalue weighted by molar-refractivity contribution is 0.867. The number of rotatable bonds is 4. The highest BCUT2D eigenvalue weighted by Crippen LogP contribution is 2.27. The Balaban J connectivity index is 2.15. The van der Waals surface area contributed by atoms with Crippen LogP contribution in [0.15, 0.2) is 77.9 Å². The molecule has 2 aromatic carbocycles. The number of benzene rings is 2. The Morgan fingerprint density at radius 2 is 1.59 bits per heavy atom. The molecule has 0 saturated heterocycles. The number of hydrogen-bond donors (Lipinski definition) is 1. The summed E-state index contributed by atoms with van der Waals surface area (Å²) in [5, 5.41) is 0. The van der Waals surface area contributed by atoms with Crippen molar-refractivity contribution in [2.24, 2.45) is 4.99 Å². The molecule has 3 rings (SSSR count). The Morgan fingerprint density at radius 3 is 2.27 bits per heavy atom. The van der Waals surface area contributed by atoms with E-state index in [2.05, 4.69) is 55.2 Å². The Hall–Kier alpha value is -2.61. The average Bonchev–Trinajstić information content (AvgIpc) is 3.08. The Kier molecular flexibility index (Phi) is 4.19. The molecule has 3 aromatic rings. The van der Waals surface area contributed by atoms with Crippen LogP contribution in [-0.2, 0) is 0 Å². The van der Waals surface area contributed by atoms with Crippen molar-refractivity contribution in [3.63, 3.8) is 0 Å². The van der Waals surface area contributed by atoms with Crippen molar-refractivity contribution >= 4 is 11.4 Å². The van der Waals surface area contributed by atoms with Crippen LogP contribution >= 0.6 is 0 Å². The van der Waals surface area contributed by atoms with Gasteiger partial charge in [0.05, 0.1) is 17.1 Å². The van der Waals surface area contributed by atoms with Gasteiger partial charge in [0, 0.05) is 11.8 Å². The number of aliphatic imine (C=N–C) groups is 1. The number of para-hydroxylation sites is 1. The summed E-state index contributed by atoms with van der Waals surface area (Å²) in [5.41, 5.74) is 5.42. The summed E-state index contributed by atoms with van der Waals surface area (Å²) in [5.74, 6) is 0.445. The summed E-state index contributed by atoms with van der Waals surface area (Å²) in [7, 11) is 0. The molecule has 0 aliphatic rings. The molecule has 2 nitrogen and oxygen atoms in total. The van der Waals surface area contributed by atoms with Gasteiger partial charge in [0.25, 0.3) is 0 Å². The third-order valence-electron chi connectivity index (χ3n) is 3.69. The molecule has 0 aliphatic carbocycles. The summed E-state index contributed by atoms with van der Waals surface area (Å²) in [6.45, 7) is 4.40. The normalized spacial score (nSPS) is 11.9. The van der Waals surface area contributed by atoms with E-state index in [0.717, 1.165) is 22.7 Å². The predicted octanol–water partition coefficient (Wildman–Crippen LogP) is 5.31. The summed E-state index contributed by atoms with van der Waals surface area (Å²) < 4.78 is 0. The zero-order valence-corrected chi connectivity index (χ0v) is 13.0. The van der Waals surface area contributed by atoms with E-state index in [1.807, 2.05) is 36.5 Å². The summed E-state index contributed by atoms with van der Waals surface area (Å²) in [6.07, 6.45) is 1.93. The quantitative estimate of drug-likeness (QED) is 0.630. The van der Waals surface area contributed by atoms with Crippen LogP contribution in [0.4, 0.5) is 5.69 Å². The molecule has 0 amide bonds. The molecule has 0 spiro atoms. The first-order valence-electron chi connectivity index (χ1n) is 7.62. The monoisotopic (exact) mass is 288 g/mol. The number of nitrogens with zero attached hydrogens (tertiary/aromatic N) is 1. The first-order valence-corrected chi connectivity index (χ1v) is 7.62. The van der Waals surface area contributed by atoms with Crippen molar-refractivity contribution in [1.29, 1.82) is 0 Å². The number of aromatic amines is 1. The summed E-state index contributed by atoms with van der Waals surface area (Å²) in [6, 6.07) is 22.7. The zero-order valence-electron chi connectivity index (χ0n) is 13.0. The van der Waals surface area contributed by atoms with E-state index in [-0.39, 0.29) is 0 Å². The van der Waals surface area contributed by atoms with Gasteiger partial charge in [-0.1, -0.05) is 62.4 Å². The van der Waals surface area contributed by atoms with Crippen molar-refractivity contribution in [2.45, 2.75) is 19.8 Å². The highest BCUT2D eigenvalue weighted by atomic mass is 14.8. The van der Waals surface area contributed by atoms with E-state index in [9.17, 15) is 0 Å².